The molecule has 0 aliphatic carbocycles. The molecule has 0 bridgehead atoms. The molecule has 16 aromatic carbocycles. The molecule has 1 N–H and O–H groups in total. The number of nitrogens with one attached hydrogen (secondary N) is 1. The van der Waals surface area contributed by atoms with Crippen LogP contribution in [0.4, 0.5) is 62.6 Å². The number of benzene rings is 16. The van der Waals surface area contributed by atoms with Crippen LogP contribution in [0.1, 0.15) is 49.9 Å². The third-order valence-electron chi connectivity index (χ3n) is 20.9. The van der Waals surface area contributed by atoms with Crippen molar-refractivity contribution in [3.8, 4) is 66.8 Å². The molecule has 2 aliphatic rings. The Bertz CT molecular complexity index is 5420. The fourth-order valence-electron chi connectivity index (χ4n) is 15.2. The quantitative estimate of drug-likeness (QED) is 0.124. The van der Waals surface area contributed by atoms with Crippen LogP contribution in [-0.2, 0) is 10.8 Å². The van der Waals surface area contributed by atoms with Crippen molar-refractivity contribution >= 4 is 78.5 Å². The highest BCUT2D eigenvalue weighted by Gasteiger charge is 2.37. The van der Waals surface area contributed by atoms with Crippen molar-refractivity contribution in [2.75, 3.05) is 20.0 Å². The largest absolute Gasteiger partial charge is 0.355 e. The zero-order valence-corrected chi connectivity index (χ0v) is 62.1. The average Bonchev–Trinajstić information content (AvgIpc) is 0.731. The summed E-state index contributed by atoms with van der Waals surface area (Å²) < 4.78 is 1.08. The van der Waals surface area contributed by atoms with E-state index in [1.807, 2.05) is 0 Å². The third kappa shape index (κ3) is 14.5. The van der Waals surface area contributed by atoms with Gasteiger partial charge in [-0.1, -0.05) is 335 Å². The van der Waals surface area contributed by atoms with Crippen molar-refractivity contribution < 1.29 is 0 Å². The molecule has 0 spiro atoms. The maximum absolute atomic E-state index is 3.60. The van der Waals surface area contributed by atoms with Crippen LogP contribution in [0.25, 0.3) is 66.8 Å². The van der Waals surface area contributed by atoms with Crippen molar-refractivity contribution in [2.45, 2.75) is 38.5 Å². The summed E-state index contributed by atoms with van der Waals surface area (Å²) in [5, 5.41) is 3.50. The van der Waals surface area contributed by atoms with Gasteiger partial charge in [-0.25, -0.2) is 0 Å². The number of rotatable bonds is 13. The molecule has 16 aromatic rings. The summed E-state index contributed by atoms with van der Waals surface area (Å²) in [6.45, 7) is 9.23. The summed E-state index contributed by atoms with van der Waals surface area (Å²) >= 11 is 3.60. The van der Waals surface area contributed by atoms with Crippen molar-refractivity contribution in [3.05, 3.63) is 439 Å². The zero-order valence-electron chi connectivity index (χ0n) is 60.5. The summed E-state index contributed by atoms with van der Waals surface area (Å²) in [5.74, 6) is 0. The molecule has 0 atom stereocenters. The van der Waals surface area contributed by atoms with Gasteiger partial charge in [-0.15, -0.1) is 0 Å². The molecule has 516 valence electrons. The van der Waals surface area contributed by atoms with E-state index in [9.17, 15) is 0 Å². The second kappa shape index (κ2) is 30.5. The molecule has 2 aliphatic heterocycles. The lowest BCUT2D eigenvalue weighted by molar-refractivity contribution is 0.632. The first-order valence-electron chi connectivity index (χ1n) is 36.7. The van der Waals surface area contributed by atoms with Crippen molar-refractivity contribution in [3.63, 3.8) is 0 Å². The van der Waals surface area contributed by atoms with Gasteiger partial charge in [0.2, 0.25) is 0 Å². The molecule has 0 fully saturated rings. The van der Waals surface area contributed by atoms with Crippen LogP contribution in [0.3, 0.4) is 0 Å². The first-order chi connectivity index (χ1) is 52.5. The van der Waals surface area contributed by atoms with Gasteiger partial charge in [0.15, 0.2) is 0 Å². The molecule has 0 amide bonds. The van der Waals surface area contributed by atoms with Gasteiger partial charge >= 0.3 is 0 Å². The van der Waals surface area contributed by atoms with Gasteiger partial charge in [0.25, 0.3) is 0 Å². The summed E-state index contributed by atoms with van der Waals surface area (Å²) in [5.41, 5.74) is 32.6. The van der Waals surface area contributed by atoms with E-state index in [0.717, 1.165) is 44.3 Å². The van der Waals surface area contributed by atoms with Gasteiger partial charge in [-0.3, -0.25) is 0 Å². The minimum atomic E-state index is -0.0905. The van der Waals surface area contributed by atoms with Crippen molar-refractivity contribution in [1.82, 2.24) is 0 Å². The topological polar surface area (TPSA) is 21.8 Å². The first-order valence-corrected chi connectivity index (χ1v) is 37.5. The minimum Gasteiger partial charge on any atom is -0.355 e. The molecule has 2 heterocycles. The van der Waals surface area contributed by atoms with Gasteiger partial charge < -0.3 is 20.0 Å². The monoisotopic (exact) mass is 1440 g/mol. The number of nitrogens with zero attached hydrogens (tertiary/aromatic N) is 3. The SMILES string of the molecule is Brc1cccc(-c2ccc(N(c3ccc(-c4ccccc4)cc3)c3ccc(-c4ccccc4)cc3)cc2)c1.CC1(C)c2ccccc2N(c2cccc(-c3ccc(N(c4ccc(-c5ccccc5)cc4)c4ccc(-c5ccccc5)cc4)cc3)c2)c2ccccc21.CC1(C)c2ccccc2Nc2ccccc21. The summed E-state index contributed by atoms with van der Waals surface area (Å²) in [4.78, 5) is 7.08. The van der Waals surface area contributed by atoms with Crippen LogP contribution in [0.15, 0.2) is 417 Å². The number of hydrogen-bond donors (Lipinski definition) is 1. The zero-order chi connectivity index (χ0) is 72.7. The highest BCUT2D eigenvalue weighted by Crippen LogP contribution is 2.53. The molecule has 0 unspecified atom stereocenters. The normalized spacial score (nSPS) is 12.6. The van der Waals surface area contributed by atoms with E-state index in [1.165, 1.54) is 112 Å². The van der Waals surface area contributed by atoms with Crippen LogP contribution in [0.5, 0.6) is 0 Å². The highest BCUT2D eigenvalue weighted by molar-refractivity contribution is 9.10. The molecular weight excluding hydrogens is 1360 g/mol. The number of hydrogen-bond acceptors (Lipinski definition) is 4. The molecular formula is C102H81BrN4. The van der Waals surface area contributed by atoms with E-state index < -0.39 is 0 Å². The Balaban J connectivity index is 0.000000140. The molecule has 5 heteroatoms. The lowest BCUT2D eigenvalue weighted by atomic mass is 9.73. The Kier molecular flexibility index (Phi) is 19.6. The van der Waals surface area contributed by atoms with Gasteiger partial charge in [-0.05, 0) is 210 Å². The van der Waals surface area contributed by atoms with Crippen LogP contribution in [0, 0.1) is 0 Å². The van der Waals surface area contributed by atoms with Crippen LogP contribution < -0.4 is 20.0 Å². The van der Waals surface area contributed by atoms with E-state index in [2.05, 4.69) is 476 Å². The highest BCUT2D eigenvalue weighted by atomic mass is 79.9. The number of fused-ring (bicyclic) bond motifs is 4. The Labute approximate surface area is 638 Å². The number of anilines is 11. The molecule has 107 heavy (non-hydrogen) atoms. The smallest absolute Gasteiger partial charge is 0.0502 e. The second-order valence-corrected chi connectivity index (χ2v) is 29.2. The lowest BCUT2D eigenvalue weighted by Crippen LogP contribution is -2.30. The molecule has 4 nitrogen and oxygen atoms in total. The van der Waals surface area contributed by atoms with E-state index in [1.54, 1.807) is 0 Å². The Morgan fingerprint density at radius 2 is 0.467 bits per heavy atom. The molecule has 0 aromatic heterocycles. The Morgan fingerprint density at radius 3 is 0.794 bits per heavy atom. The molecule has 0 saturated heterocycles. The first kappa shape index (κ1) is 68.6. The van der Waals surface area contributed by atoms with E-state index in [0.29, 0.717) is 0 Å². The van der Waals surface area contributed by atoms with Gasteiger partial charge in [0.1, 0.15) is 0 Å². The molecule has 0 saturated carbocycles. The average molecular weight is 1440 g/mol. The predicted molar refractivity (Wildman–Crippen MR) is 458 cm³/mol. The molecule has 0 radical (unpaired) electrons. The molecule has 18 rings (SSSR count). The van der Waals surface area contributed by atoms with E-state index in [-0.39, 0.29) is 10.8 Å². The maximum Gasteiger partial charge on any atom is 0.0502 e. The fraction of sp³-hybridized carbons (Fsp3) is 0.0588. The third-order valence-corrected chi connectivity index (χ3v) is 21.4. The van der Waals surface area contributed by atoms with E-state index in [4.69, 9.17) is 0 Å². The van der Waals surface area contributed by atoms with Gasteiger partial charge in [0, 0.05) is 66.5 Å². The number of para-hydroxylation sites is 4. The predicted octanol–water partition coefficient (Wildman–Crippen LogP) is 29.3. The van der Waals surface area contributed by atoms with E-state index >= 15 is 0 Å². The summed E-state index contributed by atoms with van der Waals surface area (Å²) in [6.07, 6.45) is 0. The van der Waals surface area contributed by atoms with Gasteiger partial charge in [0.05, 0.1) is 11.4 Å². The Morgan fingerprint density at radius 1 is 0.224 bits per heavy atom. The lowest BCUT2D eigenvalue weighted by Gasteiger charge is -2.42. The van der Waals surface area contributed by atoms with Gasteiger partial charge in [-0.2, -0.15) is 0 Å². The maximum atomic E-state index is 3.60. The fourth-order valence-corrected chi connectivity index (χ4v) is 15.6. The standard InChI is InChI=1S/C51H40N2.C36H26BrN.C15H15N/c1-51(2)47-20-9-11-22-49(47)53(50-23-12-10-21-48(50)51)46-19-13-18-42(36-46)41-28-34-45(35-29-41)52(43-30-24-39(25-31-43)37-14-5-3-6-15-37)44-32-26-40(27-33-44)38-16-7-4-8-17-38;37-33-13-7-12-32(26-33)31-18-24-36(25-19-31)38(34-20-14-29(15-21-34)27-8-3-1-4-9-27)35-22-16-30(17-23-35)28-10-5-2-6-11-28;1-15(2)11-7-3-5-9-13(11)16-14-10-6-4-8-12(14)15/h3-36H,1-2H3;1-26H;3-10,16H,1-2H3. The van der Waals surface area contributed by atoms with Crippen LogP contribution >= 0.6 is 15.9 Å². The number of halogens is 1. The second-order valence-electron chi connectivity index (χ2n) is 28.3. The van der Waals surface area contributed by atoms with Crippen molar-refractivity contribution in [1.29, 1.82) is 0 Å². The summed E-state index contributed by atoms with van der Waals surface area (Å²) in [7, 11) is 0. The van der Waals surface area contributed by atoms with Crippen molar-refractivity contribution in [2.24, 2.45) is 0 Å². The minimum absolute atomic E-state index is 0.0818. The summed E-state index contributed by atoms with van der Waals surface area (Å²) in [6, 6.07) is 147. The Hall–Kier alpha value is -12.8. The van der Waals surface area contributed by atoms with Crippen LogP contribution in [0.2, 0.25) is 0 Å². The van der Waals surface area contributed by atoms with Crippen LogP contribution in [-0.4, -0.2) is 0 Å².